The number of carbonyl (C=O) groups excluding carboxylic acids is 1. The average Bonchev–Trinajstić information content (AvgIpc) is 2.64. The Labute approximate surface area is 163 Å². The summed E-state index contributed by atoms with van der Waals surface area (Å²) in [5, 5.41) is 5.73. The zero-order valence-corrected chi connectivity index (χ0v) is 17.3. The molecular weight excluding hydrogens is 368 g/mol. The van der Waals surface area contributed by atoms with E-state index in [1.54, 1.807) is 11.9 Å². The van der Waals surface area contributed by atoms with Crippen LogP contribution in [0.4, 0.5) is 0 Å². The number of nitrogens with two attached hydrogens (primary N) is 2. The summed E-state index contributed by atoms with van der Waals surface area (Å²) < 4.78 is 28.7. The Kier molecular flexibility index (Phi) is 8.44. The van der Waals surface area contributed by atoms with Crippen LogP contribution in [0, 0.1) is 5.92 Å². The van der Waals surface area contributed by atoms with E-state index in [-0.39, 0.29) is 43.0 Å². The smallest absolute Gasteiger partial charge is 0.223 e. The molecule has 158 valence electrons. The highest BCUT2D eigenvalue weighted by Gasteiger charge is 2.36. The van der Waals surface area contributed by atoms with Crippen LogP contribution in [0.5, 0.6) is 0 Å². The van der Waals surface area contributed by atoms with Gasteiger partial charge in [-0.3, -0.25) is 4.79 Å². The van der Waals surface area contributed by atoms with Crippen molar-refractivity contribution >= 4 is 15.9 Å². The first kappa shape index (κ1) is 22.5. The Balaban J connectivity index is 1.95. The molecule has 2 aliphatic rings. The minimum absolute atomic E-state index is 0.000641. The van der Waals surface area contributed by atoms with Crippen molar-refractivity contribution in [3.8, 4) is 0 Å². The maximum atomic E-state index is 12.9. The first-order valence-electron chi connectivity index (χ1n) is 9.88. The van der Waals surface area contributed by atoms with Gasteiger partial charge in [-0.25, -0.2) is 13.1 Å². The van der Waals surface area contributed by atoms with Crippen LogP contribution in [-0.2, 0) is 14.8 Å². The van der Waals surface area contributed by atoms with Gasteiger partial charge in [-0.05, 0) is 38.8 Å². The first-order chi connectivity index (χ1) is 12.8. The molecule has 27 heavy (non-hydrogen) atoms. The molecule has 1 saturated heterocycles. The van der Waals surface area contributed by atoms with Crippen LogP contribution in [0.1, 0.15) is 32.1 Å². The molecule has 7 N–H and O–H groups in total. The van der Waals surface area contributed by atoms with Gasteiger partial charge in [0.05, 0.1) is 5.25 Å². The van der Waals surface area contributed by atoms with Crippen LogP contribution in [0.2, 0.25) is 0 Å². The van der Waals surface area contributed by atoms with Crippen molar-refractivity contribution in [2.75, 3.05) is 40.3 Å². The van der Waals surface area contributed by atoms with Gasteiger partial charge in [0.2, 0.25) is 15.9 Å². The molecule has 0 aromatic carbocycles. The van der Waals surface area contributed by atoms with Crippen molar-refractivity contribution in [3.63, 3.8) is 0 Å². The van der Waals surface area contributed by atoms with Gasteiger partial charge < -0.3 is 27.0 Å². The lowest BCUT2D eigenvalue weighted by Gasteiger charge is -2.38. The Morgan fingerprint density at radius 1 is 1.26 bits per heavy atom. The number of hydrogen-bond acceptors (Lipinski definition) is 7. The fraction of sp³-hybridized carbons (Fsp3) is 0.941. The number of piperidine rings is 1. The molecule has 1 heterocycles. The minimum Gasteiger partial charge on any atom is -0.346 e. The predicted octanol–water partition coefficient (Wildman–Crippen LogP) is -1.84. The third-order valence-corrected chi connectivity index (χ3v) is 7.85. The number of amides is 1. The molecule has 0 bridgehead atoms. The molecule has 0 spiro atoms. The van der Waals surface area contributed by atoms with Gasteiger partial charge in [0.25, 0.3) is 0 Å². The topological polar surface area (TPSA) is 143 Å². The molecular formula is C17H36N6O3S. The van der Waals surface area contributed by atoms with Gasteiger partial charge in [-0.2, -0.15) is 0 Å². The van der Waals surface area contributed by atoms with Gasteiger partial charge >= 0.3 is 0 Å². The summed E-state index contributed by atoms with van der Waals surface area (Å²) in [6.07, 6.45) is 3.96. The normalized spacial score (nSPS) is 31.1. The molecule has 1 aliphatic carbocycles. The summed E-state index contributed by atoms with van der Waals surface area (Å²) >= 11 is 0. The quantitative estimate of drug-likeness (QED) is 0.304. The van der Waals surface area contributed by atoms with E-state index in [0.717, 1.165) is 25.7 Å². The van der Waals surface area contributed by atoms with Crippen LogP contribution in [-0.4, -0.2) is 82.9 Å². The van der Waals surface area contributed by atoms with Crippen molar-refractivity contribution in [2.45, 2.75) is 55.5 Å². The van der Waals surface area contributed by atoms with Crippen LogP contribution in [0.15, 0.2) is 0 Å². The van der Waals surface area contributed by atoms with Crippen LogP contribution < -0.4 is 26.8 Å². The summed E-state index contributed by atoms with van der Waals surface area (Å²) in [6, 6.07) is -0.156. The van der Waals surface area contributed by atoms with Crippen molar-refractivity contribution in [3.05, 3.63) is 0 Å². The van der Waals surface area contributed by atoms with Crippen molar-refractivity contribution in [1.29, 1.82) is 0 Å². The highest BCUT2D eigenvalue weighted by atomic mass is 32.2. The Morgan fingerprint density at radius 3 is 2.59 bits per heavy atom. The predicted molar refractivity (Wildman–Crippen MR) is 107 cm³/mol. The molecule has 0 aromatic heterocycles. The Hall–Kier alpha value is -0.780. The summed E-state index contributed by atoms with van der Waals surface area (Å²) in [5.41, 5.74) is 11.6. The number of nitrogens with one attached hydrogen (secondary N) is 3. The lowest BCUT2D eigenvalue weighted by Crippen LogP contribution is -2.59. The van der Waals surface area contributed by atoms with E-state index >= 15 is 0 Å². The molecule has 5 atom stereocenters. The first-order valence-corrected chi connectivity index (χ1v) is 11.4. The van der Waals surface area contributed by atoms with Crippen LogP contribution in [0.25, 0.3) is 0 Å². The maximum absolute atomic E-state index is 12.9. The van der Waals surface area contributed by atoms with Crippen LogP contribution >= 0.6 is 0 Å². The van der Waals surface area contributed by atoms with E-state index < -0.39 is 15.3 Å². The standard InChI is InChI=1S/C17H36N6O3S/c1-20-17-12(9-18)4-3-5-15(17)22-27(25,26)14(10-19)11-21-13-6-7-23(2)16(24)8-13/h12-15,17,20-22H,3-11,18-19H2,1-2H3. The Bertz CT molecular complexity index is 587. The van der Waals surface area contributed by atoms with Crippen LogP contribution in [0.3, 0.4) is 0 Å². The van der Waals surface area contributed by atoms with Gasteiger partial charge in [0.1, 0.15) is 0 Å². The second-order valence-electron chi connectivity index (χ2n) is 7.78. The summed E-state index contributed by atoms with van der Waals surface area (Å²) in [6.45, 7) is 1.49. The van der Waals surface area contributed by atoms with E-state index in [1.807, 2.05) is 7.05 Å². The van der Waals surface area contributed by atoms with Gasteiger partial charge in [-0.1, -0.05) is 6.42 Å². The molecule has 1 aliphatic heterocycles. The molecule has 1 amide bonds. The highest BCUT2D eigenvalue weighted by Crippen LogP contribution is 2.25. The van der Waals surface area contributed by atoms with E-state index in [4.69, 9.17) is 11.5 Å². The third kappa shape index (κ3) is 5.85. The van der Waals surface area contributed by atoms with Crippen molar-refractivity contribution < 1.29 is 13.2 Å². The average molecular weight is 405 g/mol. The summed E-state index contributed by atoms with van der Waals surface area (Å²) in [7, 11) is 0.0451. The number of sulfonamides is 1. The molecule has 9 nitrogen and oxygen atoms in total. The second-order valence-corrected chi connectivity index (χ2v) is 9.77. The van der Waals surface area contributed by atoms with Crippen molar-refractivity contribution in [1.82, 2.24) is 20.3 Å². The van der Waals surface area contributed by atoms with Crippen molar-refractivity contribution in [2.24, 2.45) is 17.4 Å². The number of likely N-dealkylation sites (N-methyl/N-ethyl adjacent to an activating group) is 1. The van der Waals surface area contributed by atoms with E-state index in [2.05, 4.69) is 15.4 Å². The minimum atomic E-state index is -3.59. The van der Waals surface area contributed by atoms with Gasteiger partial charge in [0.15, 0.2) is 0 Å². The molecule has 2 rings (SSSR count). The summed E-state index contributed by atoms with van der Waals surface area (Å²) in [5.74, 6) is 0.340. The number of nitrogens with zero attached hydrogens (tertiary/aromatic N) is 1. The second kappa shape index (κ2) is 10.1. The molecule has 5 unspecified atom stereocenters. The fourth-order valence-corrected chi connectivity index (χ4v) is 5.61. The number of hydrogen-bond donors (Lipinski definition) is 5. The lowest BCUT2D eigenvalue weighted by molar-refractivity contribution is -0.132. The zero-order chi connectivity index (χ0) is 20.0. The van der Waals surface area contributed by atoms with Gasteiger partial charge in [-0.15, -0.1) is 0 Å². The van der Waals surface area contributed by atoms with E-state index in [0.29, 0.717) is 19.5 Å². The monoisotopic (exact) mass is 404 g/mol. The number of rotatable bonds is 9. The highest BCUT2D eigenvalue weighted by molar-refractivity contribution is 7.90. The number of carbonyl (C=O) groups is 1. The number of likely N-dealkylation sites (tertiary alicyclic amines) is 1. The lowest BCUT2D eigenvalue weighted by atomic mass is 9.81. The molecule has 0 aromatic rings. The molecule has 2 fully saturated rings. The van der Waals surface area contributed by atoms with Gasteiger partial charge in [0, 0.05) is 51.2 Å². The maximum Gasteiger partial charge on any atom is 0.223 e. The SMILES string of the molecule is CNC1C(CN)CCCC1NS(=O)(=O)C(CN)CNC1CCN(C)C(=O)C1. The molecule has 10 heteroatoms. The van der Waals surface area contributed by atoms with E-state index in [1.165, 1.54) is 0 Å². The molecule has 1 saturated carbocycles. The third-order valence-electron chi connectivity index (χ3n) is 5.98. The zero-order valence-electron chi connectivity index (χ0n) is 16.5. The fourth-order valence-electron chi connectivity index (χ4n) is 4.16. The van der Waals surface area contributed by atoms with E-state index in [9.17, 15) is 13.2 Å². The molecule has 0 radical (unpaired) electrons. The Morgan fingerprint density at radius 2 is 2.00 bits per heavy atom. The largest absolute Gasteiger partial charge is 0.346 e. The summed E-state index contributed by atoms with van der Waals surface area (Å²) in [4.78, 5) is 13.5.